The summed E-state index contributed by atoms with van der Waals surface area (Å²) in [6.07, 6.45) is 3.64. The van der Waals surface area contributed by atoms with Crippen LogP contribution in [0.25, 0.3) is 0 Å². The zero-order valence-corrected chi connectivity index (χ0v) is 13.0. The van der Waals surface area contributed by atoms with Crippen LogP contribution < -0.4 is 0 Å². The number of carbonyl (C=O) groups excluding carboxylic acids is 1. The van der Waals surface area contributed by atoms with E-state index in [1.54, 1.807) is 7.11 Å². The van der Waals surface area contributed by atoms with E-state index in [1.807, 2.05) is 7.05 Å². The summed E-state index contributed by atoms with van der Waals surface area (Å²) in [5.41, 5.74) is 1.20. The monoisotopic (exact) mass is 291 g/mol. The molecule has 0 aromatic rings. The van der Waals surface area contributed by atoms with E-state index in [2.05, 4.69) is 26.8 Å². The summed E-state index contributed by atoms with van der Waals surface area (Å²) >= 11 is 0. The minimum absolute atomic E-state index is 0. The summed E-state index contributed by atoms with van der Waals surface area (Å²) < 4.78 is 0. The molecule has 5 nitrogen and oxygen atoms in total. The molecule has 0 saturated carbocycles. The number of nitrogens with zero attached hydrogens (tertiary/aromatic N) is 3. The Morgan fingerprint density at radius 1 is 0.947 bits per heavy atom. The minimum atomic E-state index is 0. The highest BCUT2D eigenvalue weighted by Crippen LogP contribution is 2.04. The Morgan fingerprint density at radius 3 is 1.74 bits per heavy atom. The van der Waals surface area contributed by atoms with E-state index in [0.29, 0.717) is 5.78 Å². The third-order valence-corrected chi connectivity index (χ3v) is 3.33. The molecule has 0 N–H and O–H groups in total. The summed E-state index contributed by atoms with van der Waals surface area (Å²) in [5, 5.41) is 3.91. The van der Waals surface area contributed by atoms with Crippen molar-refractivity contribution >= 4 is 23.9 Å². The molecule has 0 bridgehead atoms. The molecule has 0 radical (unpaired) electrons. The van der Waals surface area contributed by atoms with Crippen molar-refractivity contribution in [1.82, 2.24) is 9.80 Å². The molecule has 2 heterocycles. The Hall–Kier alpha value is -0.650. The summed E-state index contributed by atoms with van der Waals surface area (Å²) in [4.78, 5) is 19.8. The topological polar surface area (TPSA) is 45.1 Å². The van der Waals surface area contributed by atoms with Gasteiger partial charge in [0.2, 0.25) is 0 Å². The molecular weight excluding hydrogens is 266 g/mol. The molecule has 19 heavy (non-hydrogen) atoms. The molecule has 0 aromatic carbocycles. The third-order valence-electron chi connectivity index (χ3n) is 3.33. The number of oxime groups is 1. The molecule has 0 aliphatic carbocycles. The maximum atomic E-state index is 10.6. The van der Waals surface area contributed by atoms with E-state index in [4.69, 9.17) is 0 Å². The number of halogens is 1. The number of hydrogen-bond acceptors (Lipinski definition) is 5. The zero-order chi connectivity index (χ0) is 13.4. The van der Waals surface area contributed by atoms with Crippen LogP contribution >= 0.6 is 12.4 Å². The lowest BCUT2D eigenvalue weighted by Crippen LogP contribution is -2.30. The molecule has 2 aliphatic rings. The predicted octanol–water partition coefficient (Wildman–Crippen LogP) is 1.42. The van der Waals surface area contributed by atoms with Crippen molar-refractivity contribution in [3.8, 4) is 0 Å². The van der Waals surface area contributed by atoms with Crippen molar-refractivity contribution in [1.29, 1.82) is 0 Å². The number of ketones is 1. The average molecular weight is 292 g/mol. The summed E-state index contributed by atoms with van der Waals surface area (Å²) in [5.74, 6) is 0.420. The fraction of sp³-hybridized carbons (Fsp3) is 0.846. The number of hydrogen-bond donors (Lipinski definition) is 0. The van der Waals surface area contributed by atoms with Crippen LogP contribution in [-0.4, -0.2) is 68.7 Å². The van der Waals surface area contributed by atoms with Crippen LogP contribution in [0.15, 0.2) is 5.16 Å². The fourth-order valence-electron chi connectivity index (χ4n) is 1.96. The van der Waals surface area contributed by atoms with Crippen LogP contribution in [0.3, 0.4) is 0 Å². The summed E-state index contributed by atoms with van der Waals surface area (Å²) in [7, 11) is 5.78. The minimum Gasteiger partial charge on any atom is -0.399 e. The van der Waals surface area contributed by atoms with Crippen molar-refractivity contribution in [3.63, 3.8) is 0 Å². The van der Waals surface area contributed by atoms with Crippen LogP contribution in [0.1, 0.15) is 25.7 Å². The van der Waals surface area contributed by atoms with Gasteiger partial charge < -0.3 is 14.6 Å². The highest BCUT2D eigenvalue weighted by Gasteiger charge is 2.11. The van der Waals surface area contributed by atoms with E-state index >= 15 is 0 Å². The Morgan fingerprint density at radius 2 is 1.37 bits per heavy atom. The second-order valence-corrected chi connectivity index (χ2v) is 4.99. The lowest BCUT2D eigenvalue weighted by molar-refractivity contribution is -0.121. The van der Waals surface area contributed by atoms with Gasteiger partial charge in [0, 0.05) is 51.9 Å². The first-order chi connectivity index (χ1) is 8.61. The molecule has 0 amide bonds. The first-order valence-corrected chi connectivity index (χ1v) is 6.59. The molecule has 0 aromatic heterocycles. The predicted molar refractivity (Wildman–Crippen MR) is 80.2 cm³/mol. The highest BCUT2D eigenvalue weighted by atomic mass is 35.5. The maximum Gasteiger partial charge on any atom is 0.135 e. The second-order valence-electron chi connectivity index (χ2n) is 4.99. The molecular formula is C13H26ClN3O2. The van der Waals surface area contributed by atoms with Gasteiger partial charge in [0.05, 0.1) is 5.71 Å². The highest BCUT2D eigenvalue weighted by molar-refractivity contribution is 5.85. The van der Waals surface area contributed by atoms with E-state index in [9.17, 15) is 4.79 Å². The first-order valence-electron chi connectivity index (χ1n) is 6.59. The Bertz CT molecular complexity index is 278. The number of Topliss-reactive ketones (excluding diaryl/α,β-unsaturated/α-hetero) is 1. The SMILES string of the molecule is CN1CCC(=O)CC1.CON=C1CCN(C)CC1.Cl. The van der Waals surface area contributed by atoms with Crippen molar-refractivity contribution in [2.45, 2.75) is 25.7 Å². The van der Waals surface area contributed by atoms with Crippen molar-refractivity contribution in [3.05, 3.63) is 0 Å². The maximum absolute atomic E-state index is 10.6. The van der Waals surface area contributed by atoms with Gasteiger partial charge in [-0.3, -0.25) is 4.79 Å². The number of carbonyl (C=O) groups is 1. The Balaban J connectivity index is 0.000000331. The van der Waals surface area contributed by atoms with Crippen LogP contribution in [0.5, 0.6) is 0 Å². The van der Waals surface area contributed by atoms with Gasteiger partial charge in [-0.15, -0.1) is 12.4 Å². The van der Waals surface area contributed by atoms with Gasteiger partial charge in [-0.25, -0.2) is 0 Å². The molecule has 0 spiro atoms. The quantitative estimate of drug-likeness (QED) is 0.686. The van der Waals surface area contributed by atoms with Gasteiger partial charge in [-0.2, -0.15) is 0 Å². The van der Waals surface area contributed by atoms with Gasteiger partial charge in [-0.1, -0.05) is 5.16 Å². The van der Waals surface area contributed by atoms with Crippen LogP contribution in [0, 0.1) is 0 Å². The van der Waals surface area contributed by atoms with Crippen LogP contribution in [0.4, 0.5) is 0 Å². The van der Waals surface area contributed by atoms with Gasteiger partial charge in [0.25, 0.3) is 0 Å². The summed E-state index contributed by atoms with van der Waals surface area (Å²) in [6, 6.07) is 0. The van der Waals surface area contributed by atoms with Gasteiger partial charge in [-0.05, 0) is 14.1 Å². The molecule has 0 unspecified atom stereocenters. The van der Waals surface area contributed by atoms with E-state index in [1.165, 1.54) is 5.71 Å². The smallest absolute Gasteiger partial charge is 0.135 e. The van der Waals surface area contributed by atoms with E-state index in [-0.39, 0.29) is 12.4 Å². The Labute approximate surface area is 122 Å². The molecule has 6 heteroatoms. The standard InChI is InChI=1S/C7H14N2O.C6H11NO.ClH/c1-9-5-3-7(4-6-9)8-10-2;1-7-4-2-6(8)3-5-7;/h3-6H2,1-2H3;2-5H2,1H3;1H. The molecule has 0 atom stereocenters. The van der Waals surface area contributed by atoms with Crippen molar-refractivity contribution < 1.29 is 9.63 Å². The number of piperidine rings is 2. The zero-order valence-electron chi connectivity index (χ0n) is 12.2. The number of likely N-dealkylation sites (tertiary alicyclic amines) is 2. The molecule has 2 fully saturated rings. The largest absolute Gasteiger partial charge is 0.399 e. The summed E-state index contributed by atoms with van der Waals surface area (Å²) in [6.45, 7) is 4.14. The number of rotatable bonds is 1. The lowest BCUT2D eigenvalue weighted by atomic mass is 10.1. The van der Waals surface area contributed by atoms with Gasteiger partial charge >= 0.3 is 0 Å². The van der Waals surface area contributed by atoms with E-state index < -0.39 is 0 Å². The fourth-order valence-corrected chi connectivity index (χ4v) is 1.96. The Kier molecular flexibility index (Phi) is 9.83. The molecule has 2 rings (SSSR count). The third kappa shape index (κ3) is 8.18. The first kappa shape index (κ1) is 18.4. The van der Waals surface area contributed by atoms with Gasteiger partial charge in [0.1, 0.15) is 12.9 Å². The average Bonchev–Trinajstić information content (AvgIpc) is 2.37. The lowest BCUT2D eigenvalue weighted by Gasteiger charge is -2.22. The second kappa shape index (κ2) is 10.2. The van der Waals surface area contributed by atoms with Gasteiger partial charge in [0.15, 0.2) is 0 Å². The van der Waals surface area contributed by atoms with Crippen molar-refractivity contribution in [2.75, 3.05) is 47.4 Å². The van der Waals surface area contributed by atoms with Crippen molar-refractivity contribution in [2.24, 2.45) is 5.16 Å². The molecule has 2 aliphatic heterocycles. The van der Waals surface area contributed by atoms with Crippen LogP contribution in [-0.2, 0) is 9.63 Å². The molecule has 2 saturated heterocycles. The molecule has 112 valence electrons. The van der Waals surface area contributed by atoms with E-state index in [0.717, 1.165) is 51.9 Å². The van der Waals surface area contributed by atoms with Crippen LogP contribution in [0.2, 0.25) is 0 Å². The normalized spacial score (nSPS) is 21.0.